The van der Waals surface area contributed by atoms with Gasteiger partial charge in [-0.05, 0) is 6.07 Å². The van der Waals surface area contributed by atoms with Crippen LogP contribution in [-0.4, -0.2) is 20.6 Å². The summed E-state index contributed by atoms with van der Waals surface area (Å²) in [6.07, 6.45) is 2.62. The zero-order valence-electron chi connectivity index (χ0n) is 8.79. The molecule has 2 rings (SSSR count). The van der Waals surface area contributed by atoms with Crippen molar-refractivity contribution in [3.63, 3.8) is 0 Å². The van der Waals surface area contributed by atoms with Gasteiger partial charge in [0.2, 0.25) is 0 Å². The third kappa shape index (κ3) is 2.48. The minimum absolute atomic E-state index is 0. The van der Waals surface area contributed by atoms with E-state index in [1.54, 1.807) is 18.2 Å². The number of hydrogen-bond donors (Lipinski definition) is 3. The molecule has 0 saturated heterocycles. The smallest absolute Gasteiger partial charge is 0.160 e. The van der Waals surface area contributed by atoms with Gasteiger partial charge in [-0.3, -0.25) is 0 Å². The quantitative estimate of drug-likeness (QED) is 0.466. The lowest BCUT2D eigenvalue weighted by Gasteiger charge is -2.08. The van der Waals surface area contributed by atoms with Crippen molar-refractivity contribution in [3.8, 4) is 17.0 Å². The Morgan fingerprint density at radius 2 is 2.12 bits per heavy atom. The largest absolute Gasteiger partial charge is 0.630 e. The fourth-order valence-electron chi connectivity index (χ4n) is 1.37. The number of aromatic hydroxyl groups is 1. The van der Waals surface area contributed by atoms with E-state index >= 15 is 0 Å². The van der Waals surface area contributed by atoms with Gasteiger partial charge in [0, 0.05) is 11.6 Å². The number of nitrogens with two attached hydrogens (primary N) is 2. The summed E-state index contributed by atoms with van der Waals surface area (Å²) in [5, 5.41) is 20.3. The number of hydrogen-bond acceptors (Lipinski definition) is 5. The van der Waals surface area contributed by atoms with Crippen molar-refractivity contribution in [1.82, 2.24) is 9.97 Å². The Labute approximate surface area is 96.8 Å². The topological polar surface area (TPSA) is 143 Å². The number of aromatic nitrogens is 2. The molecule has 17 heavy (non-hydrogen) atoms. The lowest BCUT2D eigenvalue weighted by molar-refractivity contribution is -0.496. The maximum atomic E-state index is 10.7. The molecule has 1 aromatic carbocycles. The first-order valence-electron chi connectivity index (χ1n) is 4.56. The number of anilines is 1. The molecule has 7 nitrogen and oxygen atoms in total. The Bertz CT molecular complexity index is 519. The highest BCUT2D eigenvalue weighted by Gasteiger charge is 2.08. The summed E-state index contributed by atoms with van der Waals surface area (Å²) in [4.78, 5) is 7.61. The fraction of sp³-hybridized carbons (Fsp3) is 0. The van der Waals surface area contributed by atoms with Gasteiger partial charge in [0.15, 0.2) is 11.4 Å². The number of quaternary nitrogens is 1. The Morgan fingerprint density at radius 3 is 2.76 bits per heavy atom. The third-order valence-electron chi connectivity index (χ3n) is 2.18. The van der Waals surface area contributed by atoms with Crippen LogP contribution in [0.2, 0.25) is 0 Å². The lowest BCUT2D eigenvalue weighted by Crippen LogP contribution is -2.70. The Kier molecular flexibility index (Phi) is 3.94. The second-order valence-electron chi connectivity index (χ2n) is 3.22. The van der Waals surface area contributed by atoms with Gasteiger partial charge < -0.3 is 27.0 Å². The predicted molar refractivity (Wildman–Crippen MR) is 62.1 cm³/mol. The van der Waals surface area contributed by atoms with Crippen LogP contribution in [-0.2, 0) is 0 Å². The molecule has 7 heteroatoms. The first kappa shape index (κ1) is 12.8. The first-order chi connectivity index (χ1) is 7.72. The molecule has 90 valence electrons. The molecule has 2 aromatic rings. The Balaban J connectivity index is 0.00000144. The standard InChI is InChI=1S/C10H10N4O2.H2O/c11-7-2-1-6(3-8(7)14-16)10-9(15)4-12-5-13-10;/h1-5,15H,11,14H2;1H2. The summed E-state index contributed by atoms with van der Waals surface area (Å²) in [7, 11) is 0. The average Bonchev–Trinajstić information content (AvgIpc) is 2.31. The van der Waals surface area contributed by atoms with Crippen LogP contribution in [0.15, 0.2) is 30.7 Å². The molecule has 0 fully saturated rings. The SMILES string of the molecule is Nc1ccc(-c2ncncc2O)cc1[NH2+][O-].O. The van der Waals surface area contributed by atoms with Gasteiger partial charge in [0.05, 0.1) is 11.9 Å². The zero-order chi connectivity index (χ0) is 11.5. The summed E-state index contributed by atoms with van der Waals surface area (Å²) in [5.74, 6) is -0.0379. The number of nitrogen functional groups attached to an aromatic ring is 1. The second-order valence-corrected chi connectivity index (χ2v) is 3.22. The third-order valence-corrected chi connectivity index (χ3v) is 2.18. The lowest BCUT2D eigenvalue weighted by atomic mass is 10.1. The zero-order valence-corrected chi connectivity index (χ0v) is 8.79. The van der Waals surface area contributed by atoms with Crippen LogP contribution in [0.25, 0.3) is 11.3 Å². The molecule has 1 aromatic heterocycles. The minimum Gasteiger partial charge on any atom is -0.630 e. The maximum absolute atomic E-state index is 10.7. The van der Waals surface area contributed by atoms with Crippen LogP contribution in [0, 0.1) is 5.21 Å². The van der Waals surface area contributed by atoms with Gasteiger partial charge in [-0.1, -0.05) is 6.07 Å². The van der Waals surface area contributed by atoms with Gasteiger partial charge >= 0.3 is 0 Å². The van der Waals surface area contributed by atoms with E-state index in [-0.39, 0.29) is 11.2 Å². The van der Waals surface area contributed by atoms with E-state index in [4.69, 9.17) is 5.73 Å². The highest BCUT2D eigenvalue weighted by molar-refractivity contribution is 5.72. The molecule has 0 radical (unpaired) electrons. The van der Waals surface area contributed by atoms with Crippen LogP contribution < -0.4 is 11.2 Å². The molecule has 0 atom stereocenters. The van der Waals surface area contributed by atoms with E-state index in [1.165, 1.54) is 12.5 Å². The highest BCUT2D eigenvalue weighted by Crippen LogP contribution is 2.28. The van der Waals surface area contributed by atoms with Crippen LogP contribution in [0.1, 0.15) is 0 Å². The molecule has 1 heterocycles. The van der Waals surface area contributed by atoms with Gasteiger partial charge in [-0.15, -0.1) is 0 Å². The summed E-state index contributed by atoms with van der Waals surface area (Å²) in [5.41, 5.74) is 8.01. The van der Waals surface area contributed by atoms with Crippen molar-refractivity contribution in [2.45, 2.75) is 0 Å². The number of benzene rings is 1. The van der Waals surface area contributed by atoms with Crippen molar-refractivity contribution in [2.24, 2.45) is 0 Å². The second kappa shape index (κ2) is 5.21. The molecule has 0 aliphatic heterocycles. The normalized spacial score (nSPS) is 9.71. The summed E-state index contributed by atoms with van der Waals surface area (Å²) in [6, 6.07) is 4.86. The van der Waals surface area contributed by atoms with Gasteiger partial charge in [0.1, 0.15) is 12.0 Å². The molecule has 0 unspecified atom stereocenters. The van der Waals surface area contributed by atoms with Crippen molar-refractivity contribution < 1.29 is 16.1 Å². The summed E-state index contributed by atoms with van der Waals surface area (Å²) in [6.45, 7) is 0. The summed E-state index contributed by atoms with van der Waals surface area (Å²) >= 11 is 0. The predicted octanol–water partition coefficient (Wildman–Crippen LogP) is -0.701. The average molecular weight is 236 g/mol. The first-order valence-corrected chi connectivity index (χ1v) is 4.56. The molecule has 0 aliphatic carbocycles. The molecule has 0 amide bonds. The van der Waals surface area contributed by atoms with Crippen molar-refractivity contribution in [3.05, 3.63) is 35.9 Å². The van der Waals surface area contributed by atoms with E-state index in [0.717, 1.165) is 0 Å². The molecule has 0 spiro atoms. The molecule has 0 saturated carbocycles. The van der Waals surface area contributed by atoms with Crippen LogP contribution in [0.4, 0.5) is 11.4 Å². The van der Waals surface area contributed by atoms with Gasteiger partial charge in [-0.25, -0.2) is 9.97 Å². The van der Waals surface area contributed by atoms with Gasteiger partial charge in [0.25, 0.3) is 0 Å². The van der Waals surface area contributed by atoms with E-state index in [1.807, 2.05) is 0 Å². The summed E-state index contributed by atoms with van der Waals surface area (Å²) < 4.78 is 0. The van der Waals surface area contributed by atoms with E-state index in [0.29, 0.717) is 28.1 Å². The van der Waals surface area contributed by atoms with Gasteiger partial charge in [-0.2, -0.15) is 0 Å². The minimum atomic E-state index is -0.0379. The monoisotopic (exact) mass is 236 g/mol. The number of nitrogens with zero attached hydrogens (tertiary/aromatic N) is 2. The van der Waals surface area contributed by atoms with Crippen molar-refractivity contribution in [2.75, 3.05) is 5.73 Å². The molecular weight excluding hydrogens is 224 g/mol. The van der Waals surface area contributed by atoms with Crippen LogP contribution >= 0.6 is 0 Å². The van der Waals surface area contributed by atoms with E-state index < -0.39 is 0 Å². The van der Waals surface area contributed by atoms with Crippen LogP contribution in [0.3, 0.4) is 0 Å². The fourth-order valence-corrected chi connectivity index (χ4v) is 1.37. The maximum Gasteiger partial charge on any atom is 0.160 e. The Hall–Kier alpha value is -2.22. The van der Waals surface area contributed by atoms with E-state index in [2.05, 4.69) is 9.97 Å². The molecule has 7 N–H and O–H groups in total. The Morgan fingerprint density at radius 1 is 1.35 bits per heavy atom. The molecule has 0 bridgehead atoms. The molecular formula is C10H12N4O3. The molecule has 0 aliphatic rings. The van der Waals surface area contributed by atoms with Crippen molar-refractivity contribution >= 4 is 11.4 Å². The van der Waals surface area contributed by atoms with Crippen molar-refractivity contribution in [1.29, 1.82) is 0 Å². The van der Waals surface area contributed by atoms with Crippen LogP contribution in [0.5, 0.6) is 5.75 Å². The number of rotatable bonds is 2. The van der Waals surface area contributed by atoms with E-state index in [9.17, 15) is 10.3 Å². The highest BCUT2D eigenvalue weighted by atomic mass is 16.5.